The van der Waals surface area contributed by atoms with E-state index in [2.05, 4.69) is 35.0 Å². The molecule has 1 fully saturated rings. The first-order chi connectivity index (χ1) is 7.06. The molecular weight excluding hydrogens is 250 g/mol. The fraction of sp³-hybridized carbons (Fsp3) is 0.750. The van der Waals surface area contributed by atoms with Crippen LogP contribution >= 0.6 is 36.3 Å². The van der Waals surface area contributed by atoms with Crippen molar-refractivity contribution in [3.05, 3.63) is 0 Å². The summed E-state index contributed by atoms with van der Waals surface area (Å²) in [5.41, 5.74) is 3.29. The Hall–Kier alpha value is -0.0100. The van der Waals surface area contributed by atoms with Gasteiger partial charge in [-0.25, -0.2) is 10.2 Å². The second kappa shape index (κ2) is 5.91. The number of carbonyl (C=O) groups is 1. The van der Waals surface area contributed by atoms with Gasteiger partial charge in [-0.05, 0) is 13.8 Å². The maximum Gasteiger partial charge on any atom is 0.344 e. The van der Waals surface area contributed by atoms with Crippen molar-refractivity contribution in [2.75, 3.05) is 11.5 Å². The van der Waals surface area contributed by atoms with Gasteiger partial charge in [0, 0.05) is 23.6 Å². The Balaban J connectivity index is 2.40. The van der Waals surface area contributed by atoms with Crippen LogP contribution in [0, 0.1) is 0 Å². The first-order valence-electron chi connectivity index (χ1n) is 4.57. The van der Waals surface area contributed by atoms with Crippen LogP contribution in [0.15, 0.2) is 5.10 Å². The molecule has 0 radical (unpaired) electrons. The van der Waals surface area contributed by atoms with Crippen LogP contribution in [0.1, 0.15) is 20.3 Å². The second-order valence-corrected chi connectivity index (χ2v) is 7.09. The molecule has 86 valence electrons. The van der Waals surface area contributed by atoms with Gasteiger partial charge in [0.05, 0.1) is 4.08 Å². The van der Waals surface area contributed by atoms with Gasteiger partial charge >= 0.3 is 6.03 Å². The highest BCUT2D eigenvalue weighted by molar-refractivity contribution is 8.21. The minimum atomic E-state index is -0.408. The average molecular weight is 265 g/mol. The summed E-state index contributed by atoms with van der Waals surface area (Å²) < 4.78 is 2.37. The molecule has 1 aliphatic rings. The molecule has 0 aromatic rings. The van der Waals surface area contributed by atoms with Gasteiger partial charge in [0.25, 0.3) is 0 Å². The predicted octanol–water partition coefficient (Wildman–Crippen LogP) is 2.09. The number of rotatable bonds is 3. The summed E-state index contributed by atoms with van der Waals surface area (Å²) in [5.74, 6) is 2.39. The fourth-order valence-corrected chi connectivity index (χ4v) is 4.37. The maximum absolute atomic E-state index is 10.8. The molecule has 0 saturated carbocycles. The van der Waals surface area contributed by atoms with E-state index in [-0.39, 0.29) is 4.08 Å². The molecule has 0 aromatic heterocycles. The molecular formula is C8H15N3OS3. The summed E-state index contributed by atoms with van der Waals surface area (Å²) in [6, 6.07) is -0.408. The number of thiol groups is 1. The largest absolute Gasteiger partial charge is 0.344 e. The van der Waals surface area contributed by atoms with Crippen LogP contribution in [-0.2, 0) is 0 Å². The van der Waals surface area contributed by atoms with Crippen LogP contribution in [0.3, 0.4) is 0 Å². The highest BCUT2D eigenvalue weighted by Gasteiger charge is 2.30. The van der Waals surface area contributed by atoms with Gasteiger partial charge in [0.15, 0.2) is 0 Å². The number of hydrogen-bond donors (Lipinski definition) is 3. The van der Waals surface area contributed by atoms with Crippen LogP contribution in [0.2, 0.25) is 0 Å². The zero-order chi connectivity index (χ0) is 11.3. The van der Waals surface area contributed by atoms with Gasteiger partial charge < -0.3 is 0 Å². The van der Waals surface area contributed by atoms with Crippen molar-refractivity contribution in [2.45, 2.75) is 24.3 Å². The molecule has 1 saturated heterocycles. The Morgan fingerprint density at radius 2 is 2.13 bits per heavy atom. The summed E-state index contributed by atoms with van der Waals surface area (Å²) in [4.78, 5) is 10.8. The summed E-state index contributed by atoms with van der Waals surface area (Å²) in [7, 11) is 0. The molecule has 1 heterocycles. The lowest BCUT2D eigenvalue weighted by atomic mass is 10.2. The minimum Gasteiger partial charge on any atom is -0.283 e. The number of urea groups is 1. The third kappa shape index (κ3) is 4.56. The van der Waals surface area contributed by atoms with E-state index in [1.165, 1.54) is 11.5 Å². The molecule has 1 aliphatic heterocycles. The van der Waals surface area contributed by atoms with Crippen molar-refractivity contribution in [3.63, 3.8) is 0 Å². The van der Waals surface area contributed by atoms with E-state index in [1.807, 2.05) is 30.4 Å². The third-order valence-corrected chi connectivity index (χ3v) is 5.42. The smallest absolute Gasteiger partial charge is 0.283 e. The van der Waals surface area contributed by atoms with E-state index in [0.29, 0.717) is 0 Å². The Morgan fingerprint density at radius 1 is 1.53 bits per heavy atom. The van der Waals surface area contributed by atoms with E-state index in [0.717, 1.165) is 12.1 Å². The average Bonchev–Trinajstić information content (AvgIpc) is 2.61. The van der Waals surface area contributed by atoms with Gasteiger partial charge in [-0.15, -0.1) is 23.5 Å². The molecule has 0 atom stereocenters. The quantitative estimate of drug-likeness (QED) is 0.416. The zero-order valence-corrected chi connectivity index (χ0v) is 11.3. The first kappa shape index (κ1) is 13.1. The molecule has 2 amide bonds. The van der Waals surface area contributed by atoms with E-state index in [1.54, 1.807) is 0 Å². The van der Waals surface area contributed by atoms with Crippen molar-refractivity contribution in [3.8, 4) is 0 Å². The lowest BCUT2D eigenvalue weighted by Crippen LogP contribution is -2.27. The molecule has 2 N–H and O–H groups in total. The van der Waals surface area contributed by atoms with Crippen molar-refractivity contribution >= 4 is 48.1 Å². The van der Waals surface area contributed by atoms with Crippen LogP contribution in [0.5, 0.6) is 0 Å². The number of carbonyl (C=O) groups excluding carboxylic acids is 1. The van der Waals surface area contributed by atoms with Crippen molar-refractivity contribution in [1.82, 2.24) is 10.1 Å². The Kier molecular flexibility index (Phi) is 5.14. The van der Waals surface area contributed by atoms with Gasteiger partial charge in [0.2, 0.25) is 0 Å². The molecule has 4 nitrogen and oxygen atoms in total. The normalized spacial score (nSPS) is 20.1. The van der Waals surface area contributed by atoms with Gasteiger partial charge in [-0.3, -0.25) is 4.72 Å². The molecule has 0 spiro atoms. The lowest BCUT2D eigenvalue weighted by molar-refractivity contribution is 0.247. The van der Waals surface area contributed by atoms with E-state index < -0.39 is 6.03 Å². The monoisotopic (exact) mass is 265 g/mol. The summed E-state index contributed by atoms with van der Waals surface area (Å²) >= 11 is 7.51. The number of thioether (sulfide) groups is 2. The van der Waals surface area contributed by atoms with Crippen LogP contribution in [0.4, 0.5) is 4.79 Å². The number of nitrogens with zero attached hydrogens (tertiary/aromatic N) is 1. The van der Waals surface area contributed by atoms with Crippen LogP contribution < -0.4 is 10.1 Å². The number of nitrogens with one attached hydrogen (secondary N) is 2. The lowest BCUT2D eigenvalue weighted by Gasteiger charge is -2.20. The Labute approximate surface area is 104 Å². The minimum absolute atomic E-state index is 0.215. The summed E-state index contributed by atoms with van der Waals surface area (Å²) in [6.07, 6.45) is 0.884. The van der Waals surface area contributed by atoms with E-state index in [9.17, 15) is 4.79 Å². The number of hydrogen-bond acceptors (Lipinski definition) is 5. The molecule has 15 heavy (non-hydrogen) atoms. The van der Waals surface area contributed by atoms with Crippen LogP contribution in [0.25, 0.3) is 0 Å². The van der Waals surface area contributed by atoms with E-state index in [4.69, 9.17) is 0 Å². The Bertz CT molecular complexity index is 264. The molecule has 0 bridgehead atoms. The molecule has 0 aliphatic carbocycles. The fourth-order valence-electron chi connectivity index (χ4n) is 1.33. The Morgan fingerprint density at radius 3 is 2.67 bits per heavy atom. The number of amides is 2. The van der Waals surface area contributed by atoms with Crippen molar-refractivity contribution in [2.24, 2.45) is 5.10 Å². The number of hydrazone groups is 1. The SMILES string of the molecule is C/C(CC1(C)SCCS1)=N\NC(=O)NS. The zero-order valence-electron chi connectivity index (χ0n) is 8.74. The highest BCUT2D eigenvalue weighted by atomic mass is 32.2. The van der Waals surface area contributed by atoms with Crippen LogP contribution in [-0.4, -0.2) is 27.3 Å². The predicted molar refractivity (Wildman–Crippen MR) is 71.7 cm³/mol. The highest BCUT2D eigenvalue weighted by Crippen LogP contribution is 2.45. The maximum atomic E-state index is 10.8. The molecule has 1 rings (SSSR count). The van der Waals surface area contributed by atoms with Crippen molar-refractivity contribution in [1.29, 1.82) is 0 Å². The first-order valence-corrected chi connectivity index (χ1v) is 6.99. The molecule has 0 aromatic carbocycles. The second-order valence-electron chi connectivity index (χ2n) is 3.41. The van der Waals surface area contributed by atoms with Gasteiger partial charge in [-0.2, -0.15) is 5.10 Å². The van der Waals surface area contributed by atoms with Gasteiger partial charge in [-0.1, -0.05) is 12.8 Å². The standard InChI is InChI=1S/C8H15N3OS3/c1-6(9-10-7(12)11-13)5-8(2)14-3-4-15-8/h13H,3-5H2,1-2H3,(H2,10,11,12)/b9-6+. The van der Waals surface area contributed by atoms with E-state index >= 15 is 0 Å². The molecule has 0 unspecified atom stereocenters. The topological polar surface area (TPSA) is 53.5 Å². The summed E-state index contributed by atoms with van der Waals surface area (Å²) in [6.45, 7) is 4.14. The van der Waals surface area contributed by atoms with Gasteiger partial charge in [0.1, 0.15) is 0 Å². The third-order valence-electron chi connectivity index (χ3n) is 1.92. The van der Waals surface area contributed by atoms with Crippen molar-refractivity contribution < 1.29 is 4.79 Å². The summed E-state index contributed by atoms with van der Waals surface area (Å²) in [5, 5.41) is 3.98. The molecule has 7 heteroatoms.